The van der Waals surface area contributed by atoms with Crippen LogP contribution < -0.4 is 5.73 Å². The number of nitrogens with zero attached hydrogens (tertiary/aromatic N) is 3. The molecule has 1 saturated heterocycles. The van der Waals surface area contributed by atoms with Crippen molar-refractivity contribution in [3.8, 4) is 5.69 Å². The summed E-state index contributed by atoms with van der Waals surface area (Å²) in [5, 5.41) is 9.04. The molecule has 1 aliphatic rings. The van der Waals surface area contributed by atoms with Gasteiger partial charge in [0, 0.05) is 49.4 Å². The number of carbonyl (C=O) groups excluding carboxylic acids is 1. The Morgan fingerprint density at radius 1 is 1.25 bits per heavy atom. The third-order valence-electron chi connectivity index (χ3n) is 4.20. The lowest BCUT2D eigenvalue weighted by Gasteiger charge is -2.16. The van der Waals surface area contributed by atoms with E-state index < -0.39 is 0 Å². The molecular formula is C16H22Cl2N4O2. The highest BCUT2D eigenvalue weighted by atomic mass is 35.5. The quantitative estimate of drug-likeness (QED) is 0.851. The van der Waals surface area contributed by atoms with E-state index in [9.17, 15) is 4.79 Å². The maximum Gasteiger partial charge on any atom is 0.253 e. The number of halogens is 2. The summed E-state index contributed by atoms with van der Waals surface area (Å²) in [6.07, 6.45) is 5.93. The number of carbonyl (C=O) groups is 1. The molecule has 0 aliphatic carbocycles. The molecule has 1 amide bonds. The molecule has 2 heterocycles. The lowest BCUT2D eigenvalue weighted by Crippen LogP contribution is -2.32. The van der Waals surface area contributed by atoms with Crippen LogP contribution in [0.25, 0.3) is 5.69 Å². The summed E-state index contributed by atoms with van der Waals surface area (Å²) in [6.45, 7) is 1.27. The smallest absolute Gasteiger partial charge is 0.253 e. The second-order valence-electron chi connectivity index (χ2n) is 5.66. The molecule has 3 N–H and O–H groups in total. The number of nitrogens with two attached hydrogens (primary N) is 1. The Morgan fingerprint density at radius 2 is 1.96 bits per heavy atom. The van der Waals surface area contributed by atoms with Gasteiger partial charge in [-0.2, -0.15) is 0 Å². The van der Waals surface area contributed by atoms with E-state index in [0.29, 0.717) is 25.1 Å². The number of hydrogen-bond acceptors (Lipinski definition) is 4. The Balaban J connectivity index is 0.00000144. The van der Waals surface area contributed by atoms with Crippen LogP contribution in [-0.2, 0) is 0 Å². The third-order valence-corrected chi connectivity index (χ3v) is 4.20. The summed E-state index contributed by atoms with van der Waals surface area (Å²) in [7, 11) is 0. The van der Waals surface area contributed by atoms with Crippen molar-refractivity contribution in [3.63, 3.8) is 0 Å². The van der Waals surface area contributed by atoms with E-state index >= 15 is 0 Å². The van der Waals surface area contributed by atoms with Gasteiger partial charge in [0.05, 0.1) is 6.33 Å². The van der Waals surface area contributed by atoms with Gasteiger partial charge < -0.3 is 20.3 Å². The highest BCUT2D eigenvalue weighted by Gasteiger charge is 2.32. The first-order chi connectivity index (χ1) is 10.7. The maximum absolute atomic E-state index is 12.5. The van der Waals surface area contributed by atoms with Gasteiger partial charge in [0.2, 0.25) is 0 Å². The van der Waals surface area contributed by atoms with E-state index in [1.54, 1.807) is 17.4 Å². The lowest BCUT2D eigenvalue weighted by atomic mass is 10.0. The zero-order chi connectivity index (χ0) is 15.5. The van der Waals surface area contributed by atoms with Crippen LogP contribution in [0.5, 0.6) is 0 Å². The number of aliphatic hydroxyl groups is 1. The Kier molecular flexibility index (Phi) is 7.69. The van der Waals surface area contributed by atoms with Crippen molar-refractivity contribution in [1.82, 2.24) is 14.5 Å². The molecule has 0 unspecified atom stereocenters. The molecule has 8 heteroatoms. The van der Waals surface area contributed by atoms with E-state index in [-0.39, 0.29) is 49.3 Å². The van der Waals surface area contributed by atoms with Crippen LogP contribution in [-0.4, -0.2) is 51.2 Å². The van der Waals surface area contributed by atoms with E-state index in [1.165, 1.54) is 0 Å². The first-order valence-electron chi connectivity index (χ1n) is 7.43. The summed E-state index contributed by atoms with van der Waals surface area (Å²) >= 11 is 0. The summed E-state index contributed by atoms with van der Waals surface area (Å²) in [6, 6.07) is 7.39. The van der Waals surface area contributed by atoms with Crippen molar-refractivity contribution in [2.75, 3.05) is 19.7 Å². The second-order valence-corrected chi connectivity index (χ2v) is 5.66. The molecule has 1 aromatic heterocycles. The predicted molar refractivity (Wildman–Crippen MR) is 97.1 cm³/mol. The SMILES string of the molecule is Cl.Cl.N[C@H]1CN(C(=O)c2ccc(-n3ccnc3)cc2)C[C@@H]1CCO. The van der Waals surface area contributed by atoms with Gasteiger partial charge in [-0.3, -0.25) is 4.79 Å². The second kappa shape index (κ2) is 9.03. The third kappa shape index (κ3) is 4.27. The number of likely N-dealkylation sites (tertiary alicyclic amines) is 1. The molecule has 0 bridgehead atoms. The van der Waals surface area contributed by atoms with Crippen LogP contribution in [0.4, 0.5) is 0 Å². The number of rotatable bonds is 4. The van der Waals surface area contributed by atoms with Gasteiger partial charge in [0.25, 0.3) is 5.91 Å². The minimum atomic E-state index is -0.0543. The normalized spacial score (nSPS) is 19.5. The van der Waals surface area contributed by atoms with Gasteiger partial charge in [0.15, 0.2) is 0 Å². The summed E-state index contributed by atoms with van der Waals surface area (Å²) in [5.41, 5.74) is 7.66. The minimum absolute atomic E-state index is 0. The highest BCUT2D eigenvalue weighted by Crippen LogP contribution is 2.21. The number of hydrogen-bond donors (Lipinski definition) is 2. The van der Waals surface area contributed by atoms with Gasteiger partial charge in [-0.1, -0.05) is 0 Å². The predicted octanol–water partition coefficient (Wildman–Crippen LogP) is 1.50. The number of aromatic nitrogens is 2. The Bertz CT molecular complexity index is 634. The van der Waals surface area contributed by atoms with Gasteiger partial charge in [-0.15, -0.1) is 24.8 Å². The van der Waals surface area contributed by atoms with E-state index in [0.717, 1.165) is 5.69 Å². The number of aliphatic hydroxyl groups excluding tert-OH is 1. The Morgan fingerprint density at radius 3 is 2.54 bits per heavy atom. The number of benzene rings is 1. The lowest BCUT2D eigenvalue weighted by molar-refractivity contribution is 0.0784. The molecule has 132 valence electrons. The van der Waals surface area contributed by atoms with E-state index in [4.69, 9.17) is 10.8 Å². The van der Waals surface area contributed by atoms with Crippen LogP contribution in [0.2, 0.25) is 0 Å². The van der Waals surface area contributed by atoms with Crippen molar-refractivity contribution < 1.29 is 9.90 Å². The molecule has 0 radical (unpaired) electrons. The van der Waals surface area contributed by atoms with Crippen molar-refractivity contribution >= 4 is 30.7 Å². The van der Waals surface area contributed by atoms with E-state index in [1.807, 2.05) is 35.0 Å². The van der Waals surface area contributed by atoms with Crippen molar-refractivity contribution in [2.24, 2.45) is 11.7 Å². The first-order valence-corrected chi connectivity index (χ1v) is 7.43. The maximum atomic E-state index is 12.5. The fourth-order valence-electron chi connectivity index (χ4n) is 2.90. The topological polar surface area (TPSA) is 84.4 Å². The van der Waals surface area contributed by atoms with Crippen LogP contribution in [0.3, 0.4) is 0 Å². The number of amides is 1. The van der Waals surface area contributed by atoms with Crippen molar-refractivity contribution in [3.05, 3.63) is 48.5 Å². The molecule has 24 heavy (non-hydrogen) atoms. The van der Waals surface area contributed by atoms with Crippen LogP contribution >= 0.6 is 24.8 Å². The zero-order valence-electron chi connectivity index (χ0n) is 13.1. The summed E-state index contributed by atoms with van der Waals surface area (Å²) < 4.78 is 1.89. The molecular weight excluding hydrogens is 351 g/mol. The van der Waals surface area contributed by atoms with E-state index in [2.05, 4.69) is 4.98 Å². The average Bonchev–Trinajstić information content (AvgIpc) is 3.18. The standard InChI is InChI=1S/C16H20N4O2.2ClH/c17-15-10-20(9-13(15)5-8-21)16(22)12-1-3-14(4-2-12)19-7-6-18-11-19;;/h1-4,6-7,11,13,15,21H,5,8-10,17H2;2*1H/t13-,15-;;/m0../s1. The van der Waals surface area contributed by atoms with Gasteiger partial charge in [-0.25, -0.2) is 4.98 Å². The first kappa shape index (κ1) is 20.4. The highest BCUT2D eigenvalue weighted by molar-refractivity contribution is 5.94. The Labute approximate surface area is 153 Å². The van der Waals surface area contributed by atoms with Gasteiger partial charge in [0.1, 0.15) is 0 Å². The number of imidazole rings is 1. The fraction of sp³-hybridized carbons (Fsp3) is 0.375. The molecule has 0 saturated carbocycles. The largest absolute Gasteiger partial charge is 0.396 e. The van der Waals surface area contributed by atoms with Crippen LogP contribution in [0, 0.1) is 5.92 Å². The van der Waals surface area contributed by atoms with Gasteiger partial charge in [-0.05, 0) is 36.6 Å². The average molecular weight is 373 g/mol. The molecule has 6 nitrogen and oxygen atoms in total. The molecule has 2 atom stereocenters. The Hall–Kier alpha value is -1.60. The van der Waals surface area contributed by atoms with Crippen LogP contribution in [0.1, 0.15) is 16.8 Å². The molecule has 1 fully saturated rings. The van der Waals surface area contributed by atoms with Gasteiger partial charge >= 0.3 is 0 Å². The molecule has 1 aromatic carbocycles. The summed E-state index contributed by atoms with van der Waals surface area (Å²) in [4.78, 5) is 18.3. The summed E-state index contributed by atoms with van der Waals surface area (Å²) in [5.74, 6) is 0.173. The molecule has 1 aliphatic heterocycles. The monoisotopic (exact) mass is 372 g/mol. The molecule has 3 rings (SSSR count). The van der Waals surface area contributed by atoms with Crippen molar-refractivity contribution in [1.29, 1.82) is 0 Å². The van der Waals surface area contributed by atoms with Crippen molar-refractivity contribution in [2.45, 2.75) is 12.5 Å². The fourth-order valence-corrected chi connectivity index (χ4v) is 2.90. The van der Waals surface area contributed by atoms with Crippen LogP contribution in [0.15, 0.2) is 43.0 Å². The molecule has 0 spiro atoms. The molecule has 2 aromatic rings. The zero-order valence-corrected chi connectivity index (χ0v) is 14.7. The minimum Gasteiger partial charge on any atom is -0.396 e.